The molecule has 13 heavy (non-hydrogen) atoms. The highest BCUT2D eigenvalue weighted by atomic mass is 35.5. The molecule has 78 valence electrons. The summed E-state index contributed by atoms with van der Waals surface area (Å²) in [5, 5.41) is 4.31. The maximum Gasteiger partial charge on any atom is 0.0638 e. The Morgan fingerprint density at radius 2 is 2.08 bits per heavy atom. The molecule has 0 aliphatic heterocycles. The van der Waals surface area contributed by atoms with E-state index in [0.717, 1.165) is 24.2 Å². The number of nitrogens with two attached hydrogens (primary N) is 1. The Balaban J connectivity index is 0. The molecule has 1 aromatic rings. The van der Waals surface area contributed by atoms with E-state index in [-0.39, 0.29) is 24.8 Å². The highest BCUT2D eigenvalue weighted by Gasteiger charge is 2.00. The zero-order chi connectivity index (χ0) is 8.27. The van der Waals surface area contributed by atoms with Gasteiger partial charge >= 0.3 is 0 Å². The predicted octanol–water partition coefficient (Wildman–Crippen LogP) is 1.90. The number of nitrogens with zero attached hydrogens (tertiary/aromatic N) is 2. The summed E-state index contributed by atoms with van der Waals surface area (Å²) in [6.07, 6.45) is 3.14. The minimum absolute atomic E-state index is 0. The molecule has 0 amide bonds. The molecule has 0 saturated heterocycles. The van der Waals surface area contributed by atoms with Crippen molar-refractivity contribution in [2.24, 2.45) is 5.73 Å². The number of halogens is 2. The second kappa shape index (κ2) is 7.18. The first-order valence-corrected chi connectivity index (χ1v) is 4.01. The largest absolute Gasteiger partial charge is 0.326 e. The topological polar surface area (TPSA) is 43.8 Å². The molecule has 0 fully saturated rings. The fraction of sp³-hybridized carbons (Fsp3) is 0.625. The van der Waals surface area contributed by atoms with E-state index in [1.54, 1.807) is 0 Å². The van der Waals surface area contributed by atoms with Gasteiger partial charge in [0.15, 0.2) is 0 Å². The van der Waals surface area contributed by atoms with Crippen LogP contribution in [-0.2, 0) is 13.1 Å². The Morgan fingerprint density at radius 3 is 2.46 bits per heavy atom. The number of hydrogen-bond acceptors (Lipinski definition) is 2. The van der Waals surface area contributed by atoms with Gasteiger partial charge < -0.3 is 5.73 Å². The van der Waals surface area contributed by atoms with Crippen LogP contribution in [-0.4, -0.2) is 9.78 Å². The van der Waals surface area contributed by atoms with Gasteiger partial charge in [-0.1, -0.05) is 6.92 Å². The smallest absolute Gasteiger partial charge is 0.0638 e. The Kier molecular flexibility index (Phi) is 8.42. The molecule has 0 radical (unpaired) electrons. The summed E-state index contributed by atoms with van der Waals surface area (Å²) in [6.45, 7) is 5.71. The van der Waals surface area contributed by atoms with Gasteiger partial charge in [0, 0.05) is 24.8 Å². The van der Waals surface area contributed by atoms with Crippen LogP contribution >= 0.6 is 24.8 Å². The Morgan fingerprint density at radius 1 is 1.46 bits per heavy atom. The highest BCUT2D eigenvalue weighted by molar-refractivity contribution is 5.85. The summed E-state index contributed by atoms with van der Waals surface area (Å²) in [7, 11) is 0. The number of hydrogen-bond donors (Lipinski definition) is 1. The maximum atomic E-state index is 5.51. The number of aryl methyl sites for hydroxylation is 2. The summed E-state index contributed by atoms with van der Waals surface area (Å²) in [5.74, 6) is 0. The summed E-state index contributed by atoms with van der Waals surface area (Å²) in [6, 6.07) is 0. The lowest BCUT2D eigenvalue weighted by Crippen LogP contribution is -1.97. The lowest BCUT2D eigenvalue weighted by atomic mass is 10.3. The van der Waals surface area contributed by atoms with Gasteiger partial charge in [0.1, 0.15) is 0 Å². The van der Waals surface area contributed by atoms with Crippen LogP contribution in [0.15, 0.2) is 6.20 Å². The molecule has 1 heterocycles. The molecule has 0 unspecified atom stereocenters. The van der Waals surface area contributed by atoms with Gasteiger partial charge in [-0.3, -0.25) is 4.68 Å². The van der Waals surface area contributed by atoms with Gasteiger partial charge in [0.25, 0.3) is 0 Å². The van der Waals surface area contributed by atoms with Crippen molar-refractivity contribution >= 4 is 24.8 Å². The van der Waals surface area contributed by atoms with Crippen LogP contribution in [0.1, 0.15) is 24.6 Å². The average Bonchev–Trinajstić information content (AvgIpc) is 2.32. The molecule has 0 saturated carbocycles. The molecule has 0 aliphatic carbocycles. The summed E-state index contributed by atoms with van der Waals surface area (Å²) in [5.41, 5.74) is 7.71. The summed E-state index contributed by atoms with van der Waals surface area (Å²) >= 11 is 0. The van der Waals surface area contributed by atoms with E-state index in [1.165, 1.54) is 0 Å². The minimum atomic E-state index is 0. The van der Waals surface area contributed by atoms with Gasteiger partial charge in [-0.25, -0.2) is 0 Å². The lowest BCUT2D eigenvalue weighted by molar-refractivity contribution is 0.598. The first-order valence-electron chi connectivity index (χ1n) is 4.01. The van der Waals surface area contributed by atoms with Crippen molar-refractivity contribution in [1.29, 1.82) is 0 Å². The van der Waals surface area contributed by atoms with E-state index in [9.17, 15) is 0 Å². The molecule has 1 aromatic heterocycles. The van der Waals surface area contributed by atoms with Crippen molar-refractivity contribution in [3.63, 3.8) is 0 Å². The van der Waals surface area contributed by atoms with Crippen LogP contribution < -0.4 is 5.73 Å². The van der Waals surface area contributed by atoms with E-state index in [4.69, 9.17) is 5.73 Å². The summed E-state index contributed by atoms with van der Waals surface area (Å²) < 4.78 is 1.96. The molecule has 5 heteroatoms. The SMILES string of the molecule is CCCn1cc(CN)c(C)n1.Cl.Cl. The molecule has 3 nitrogen and oxygen atoms in total. The van der Waals surface area contributed by atoms with Gasteiger partial charge in [0.05, 0.1) is 5.69 Å². The molecule has 1 rings (SSSR count). The third-order valence-electron chi connectivity index (χ3n) is 1.72. The van der Waals surface area contributed by atoms with Crippen LogP contribution in [0, 0.1) is 6.92 Å². The molecular weight excluding hydrogens is 209 g/mol. The monoisotopic (exact) mass is 225 g/mol. The summed E-state index contributed by atoms with van der Waals surface area (Å²) in [4.78, 5) is 0. The molecule has 0 atom stereocenters. The minimum Gasteiger partial charge on any atom is -0.326 e. The molecule has 0 aromatic carbocycles. The Labute approximate surface area is 91.5 Å². The van der Waals surface area contributed by atoms with E-state index >= 15 is 0 Å². The maximum absolute atomic E-state index is 5.51. The van der Waals surface area contributed by atoms with E-state index in [0.29, 0.717) is 6.54 Å². The number of aromatic nitrogens is 2. The van der Waals surface area contributed by atoms with Gasteiger partial charge in [0.2, 0.25) is 0 Å². The molecule has 0 aliphatic rings. The Hall–Kier alpha value is -0.250. The zero-order valence-corrected chi connectivity index (χ0v) is 9.62. The zero-order valence-electron chi connectivity index (χ0n) is 7.99. The van der Waals surface area contributed by atoms with Crippen molar-refractivity contribution in [3.8, 4) is 0 Å². The second-order valence-electron chi connectivity index (χ2n) is 2.71. The van der Waals surface area contributed by atoms with Crippen LogP contribution in [0.4, 0.5) is 0 Å². The molecular formula is C8H17Cl2N3. The predicted molar refractivity (Wildman–Crippen MR) is 59.6 cm³/mol. The van der Waals surface area contributed by atoms with Crippen molar-refractivity contribution in [3.05, 3.63) is 17.5 Å². The van der Waals surface area contributed by atoms with Crippen molar-refractivity contribution in [2.75, 3.05) is 0 Å². The fourth-order valence-electron chi connectivity index (χ4n) is 1.10. The fourth-order valence-corrected chi connectivity index (χ4v) is 1.10. The van der Waals surface area contributed by atoms with Crippen molar-refractivity contribution < 1.29 is 0 Å². The van der Waals surface area contributed by atoms with Crippen LogP contribution in [0.25, 0.3) is 0 Å². The number of rotatable bonds is 3. The second-order valence-corrected chi connectivity index (χ2v) is 2.71. The first kappa shape index (κ1) is 15.2. The molecule has 0 bridgehead atoms. The first-order chi connectivity index (χ1) is 5.27. The van der Waals surface area contributed by atoms with Gasteiger partial charge in [-0.05, 0) is 13.3 Å². The normalized spacial score (nSPS) is 8.85. The van der Waals surface area contributed by atoms with Crippen LogP contribution in [0.3, 0.4) is 0 Å². The molecule has 0 spiro atoms. The van der Waals surface area contributed by atoms with E-state index in [2.05, 4.69) is 12.0 Å². The van der Waals surface area contributed by atoms with E-state index in [1.807, 2.05) is 17.8 Å². The van der Waals surface area contributed by atoms with Crippen LogP contribution in [0.2, 0.25) is 0 Å². The lowest BCUT2D eigenvalue weighted by Gasteiger charge is -1.94. The van der Waals surface area contributed by atoms with Crippen LogP contribution in [0.5, 0.6) is 0 Å². The van der Waals surface area contributed by atoms with Crippen molar-refractivity contribution in [2.45, 2.75) is 33.4 Å². The third kappa shape index (κ3) is 3.98. The average molecular weight is 226 g/mol. The standard InChI is InChI=1S/C8H15N3.2ClH/c1-3-4-11-6-8(5-9)7(2)10-11;;/h6H,3-5,9H2,1-2H3;2*1H. The third-order valence-corrected chi connectivity index (χ3v) is 1.72. The quantitative estimate of drug-likeness (QED) is 0.855. The molecule has 2 N–H and O–H groups in total. The highest BCUT2D eigenvalue weighted by Crippen LogP contribution is 2.04. The Bertz CT molecular complexity index is 235. The van der Waals surface area contributed by atoms with Gasteiger partial charge in [-0.15, -0.1) is 24.8 Å². The van der Waals surface area contributed by atoms with E-state index < -0.39 is 0 Å². The van der Waals surface area contributed by atoms with Gasteiger partial charge in [-0.2, -0.15) is 5.10 Å². The van der Waals surface area contributed by atoms with Crippen molar-refractivity contribution in [1.82, 2.24) is 9.78 Å².